The zero-order chi connectivity index (χ0) is 23.9. The molecule has 2 unspecified atom stereocenters. The van der Waals surface area contributed by atoms with E-state index in [1.807, 2.05) is 31.3 Å². The van der Waals surface area contributed by atoms with Gasteiger partial charge < -0.3 is 9.30 Å². The van der Waals surface area contributed by atoms with Gasteiger partial charge in [-0.1, -0.05) is 36.4 Å². The summed E-state index contributed by atoms with van der Waals surface area (Å²) in [7, 11) is -1.18. The molecule has 0 saturated heterocycles. The third kappa shape index (κ3) is 6.29. The summed E-state index contributed by atoms with van der Waals surface area (Å²) in [6, 6.07) is 16.2. The van der Waals surface area contributed by atoms with Crippen LogP contribution in [-0.2, 0) is 15.7 Å². The first-order valence-corrected chi connectivity index (χ1v) is 13.4. The highest BCUT2D eigenvalue weighted by Crippen LogP contribution is 2.34. The quantitative estimate of drug-likeness (QED) is 0.494. The average Bonchev–Trinajstić information content (AvgIpc) is 2.87. The van der Waals surface area contributed by atoms with Crippen molar-refractivity contribution in [1.82, 2.24) is 14.3 Å². The maximum absolute atomic E-state index is 13.1. The molecule has 7 heteroatoms. The molecule has 0 aliphatic heterocycles. The Balaban J connectivity index is 1.48. The van der Waals surface area contributed by atoms with Crippen molar-refractivity contribution in [2.75, 3.05) is 19.4 Å². The van der Waals surface area contributed by atoms with Gasteiger partial charge in [0.05, 0.1) is 29.7 Å². The van der Waals surface area contributed by atoms with Gasteiger partial charge in [0.15, 0.2) is 0 Å². The minimum absolute atomic E-state index is 0.0577. The average molecular weight is 480 g/mol. The summed E-state index contributed by atoms with van der Waals surface area (Å²) in [6.07, 6.45) is 11.4. The van der Waals surface area contributed by atoms with Crippen LogP contribution in [0.15, 0.2) is 71.9 Å². The molecule has 34 heavy (non-hydrogen) atoms. The molecule has 0 bridgehead atoms. The van der Waals surface area contributed by atoms with Crippen LogP contribution in [0.4, 0.5) is 0 Å². The predicted molar refractivity (Wildman–Crippen MR) is 137 cm³/mol. The first-order chi connectivity index (χ1) is 16.5. The Bertz CT molecular complexity index is 1140. The maximum Gasteiger partial charge on any atom is 0.253 e. The lowest BCUT2D eigenvalue weighted by Gasteiger charge is -2.30. The number of ether oxygens (including phenoxy) is 1. The van der Waals surface area contributed by atoms with E-state index in [0.29, 0.717) is 24.6 Å². The molecule has 4 rings (SSSR count). The van der Waals surface area contributed by atoms with Crippen molar-refractivity contribution in [3.05, 3.63) is 88.6 Å². The van der Waals surface area contributed by atoms with Gasteiger partial charge in [-0.25, -0.2) is 8.93 Å². The van der Waals surface area contributed by atoms with Crippen molar-refractivity contribution in [2.24, 2.45) is 0 Å². The molecule has 1 saturated carbocycles. The second-order valence-corrected chi connectivity index (χ2v) is 10.2. The standard InChI is InChI=1S/C27H33N3O3S/c1-20-15-24(23-9-6-14-28-16-23)18-30(27(20)31)25(17-29-34(2)32)19-33-26-12-10-22(11-13-26)21-7-4-3-5-8-21/h3-9,14-16,18,22,25-26,29H,10-13,17,19H2,1-2H3. The Kier molecular flexibility index (Phi) is 8.43. The molecule has 1 aliphatic rings. The SMILES string of the molecule is Cc1cc(-c2cccnc2)cn(C(CNS(C)=O)COC2CCC(c3ccccc3)CC2)c1=O. The van der Waals surface area contributed by atoms with Crippen molar-refractivity contribution < 1.29 is 8.95 Å². The Morgan fingerprint density at radius 2 is 1.88 bits per heavy atom. The zero-order valence-electron chi connectivity index (χ0n) is 19.9. The van der Waals surface area contributed by atoms with E-state index in [4.69, 9.17) is 4.74 Å². The number of benzene rings is 1. The molecule has 2 heterocycles. The fraction of sp³-hybridized carbons (Fsp3) is 0.407. The molecule has 3 aromatic rings. The third-order valence-corrected chi connectivity index (χ3v) is 7.18. The first-order valence-electron chi connectivity index (χ1n) is 11.9. The third-order valence-electron chi connectivity index (χ3n) is 6.60. The normalized spacial score (nSPS) is 20.1. The maximum atomic E-state index is 13.1. The minimum Gasteiger partial charge on any atom is -0.376 e. The van der Waals surface area contributed by atoms with E-state index in [2.05, 4.69) is 40.0 Å². The number of hydrogen-bond acceptors (Lipinski definition) is 4. The van der Waals surface area contributed by atoms with E-state index in [9.17, 15) is 9.00 Å². The van der Waals surface area contributed by atoms with Crippen LogP contribution in [0.25, 0.3) is 11.1 Å². The first kappa shape index (κ1) is 24.5. The molecule has 1 fully saturated rings. The zero-order valence-corrected chi connectivity index (χ0v) is 20.7. The van der Waals surface area contributed by atoms with E-state index >= 15 is 0 Å². The summed E-state index contributed by atoms with van der Waals surface area (Å²) in [5.74, 6) is 0.586. The Morgan fingerprint density at radius 3 is 2.56 bits per heavy atom. The van der Waals surface area contributed by atoms with Crippen molar-refractivity contribution in [3.8, 4) is 11.1 Å². The van der Waals surface area contributed by atoms with Gasteiger partial charge in [0.25, 0.3) is 5.56 Å². The van der Waals surface area contributed by atoms with Crippen molar-refractivity contribution in [1.29, 1.82) is 0 Å². The molecule has 1 aromatic carbocycles. The summed E-state index contributed by atoms with van der Waals surface area (Å²) in [5.41, 5.74) is 3.88. The molecule has 1 N–H and O–H groups in total. The van der Waals surface area contributed by atoms with Crippen LogP contribution in [0.2, 0.25) is 0 Å². The molecule has 1 aliphatic carbocycles. The van der Waals surface area contributed by atoms with Crippen LogP contribution in [0.1, 0.15) is 48.8 Å². The number of pyridine rings is 2. The number of hydrogen-bond donors (Lipinski definition) is 1. The number of aryl methyl sites for hydroxylation is 1. The smallest absolute Gasteiger partial charge is 0.253 e. The van der Waals surface area contributed by atoms with Gasteiger partial charge in [-0.15, -0.1) is 0 Å². The highest BCUT2D eigenvalue weighted by atomic mass is 32.2. The van der Waals surface area contributed by atoms with Gasteiger partial charge >= 0.3 is 0 Å². The highest BCUT2D eigenvalue weighted by molar-refractivity contribution is 7.82. The van der Waals surface area contributed by atoms with Gasteiger partial charge in [-0.05, 0) is 56.2 Å². The van der Waals surface area contributed by atoms with E-state index in [-0.39, 0.29) is 17.7 Å². The van der Waals surface area contributed by atoms with E-state index in [0.717, 1.165) is 36.8 Å². The molecule has 180 valence electrons. The van der Waals surface area contributed by atoms with Crippen LogP contribution < -0.4 is 10.3 Å². The van der Waals surface area contributed by atoms with Crippen LogP contribution in [0.5, 0.6) is 0 Å². The minimum atomic E-state index is -1.18. The topological polar surface area (TPSA) is 73.2 Å². The van der Waals surface area contributed by atoms with Crippen LogP contribution in [0, 0.1) is 6.92 Å². The van der Waals surface area contributed by atoms with Crippen LogP contribution in [-0.4, -0.2) is 39.3 Å². The molecule has 0 radical (unpaired) electrons. The monoisotopic (exact) mass is 479 g/mol. The van der Waals surface area contributed by atoms with Crippen LogP contribution >= 0.6 is 0 Å². The van der Waals surface area contributed by atoms with E-state index < -0.39 is 11.0 Å². The fourth-order valence-corrected chi connectivity index (χ4v) is 5.12. The predicted octanol–water partition coefficient (Wildman–Crippen LogP) is 4.39. The Hall–Kier alpha value is -2.61. The van der Waals surface area contributed by atoms with Crippen molar-refractivity contribution in [3.63, 3.8) is 0 Å². The highest BCUT2D eigenvalue weighted by Gasteiger charge is 2.24. The molecule has 2 aromatic heterocycles. The fourth-order valence-electron chi connectivity index (χ4n) is 4.69. The lowest BCUT2D eigenvalue weighted by atomic mass is 9.83. The molecule has 0 spiro atoms. The molecular weight excluding hydrogens is 446 g/mol. The van der Waals surface area contributed by atoms with Crippen molar-refractivity contribution in [2.45, 2.75) is 50.7 Å². The number of rotatable bonds is 9. The number of aromatic nitrogens is 2. The molecular formula is C27H33N3O3S. The van der Waals surface area contributed by atoms with Gasteiger partial charge in [0.2, 0.25) is 0 Å². The van der Waals surface area contributed by atoms with Gasteiger partial charge in [0.1, 0.15) is 0 Å². The van der Waals surface area contributed by atoms with Crippen molar-refractivity contribution >= 4 is 11.0 Å². The summed E-state index contributed by atoms with van der Waals surface area (Å²) in [6.45, 7) is 2.60. The molecule has 6 nitrogen and oxygen atoms in total. The second kappa shape index (κ2) is 11.7. The Morgan fingerprint density at radius 1 is 1.12 bits per heavy atom. The lowest BCUT2D eigenvalue weighted by molar-refractivity contribution is 0.00740. The summed E-state index contributed by atoms with van der Waals surface area (Å²) < 4.78 is 22.8. The summed E-state index contributed by atoms with van der Waals surface area (Å²) >= 11 is 0. The van der Waals surface area contributed by atoms with Gasteiger partial charge in [-0.2, -0.15) is 0 Å². The molecule has 0 amide bonds. The van der Waals surface area contributed by atoms with Crippen LogP contribution in [0.3, 0.4) is 0 Å². The number of nitrogens with zero attached hydrogens (tertiary/aromatic N) is 2. The summed E-state index contributed by atoms with van der Waals surface area (Å²) in [5, 5.41) is 0. The van der Waals surface area contributed by atoms with E-state index in [1.54, 1.807) is 23.2 Å². The summed E-state index contributed by atoms with van der Waals surface area (Å²) in [4.78, 5) is 17.3. The molecule has 2 atom stereocenters. The van der Waals surface area contributed by atoms with Gasteiger partial charge in [-0.3, -0.25) is 9.78 Å². The van der Waals surface area contributed by atoms with Gasteiger partial charge in [0, 0.05) is 48.1 Å². The van der Waals surface area contributed by atoms with E-state index in [1.165, 1.54) is 5.56 Å². The second-order valence-electron chi connectivity index (χ2n) is 9.04. The lowest BCUT2D eigenvalue weighted by Crippen LogP contribution is -2.37. The number of nitrogens with one attached hydrogen (secondary N) is 1. The Labute approximate surface area is 204 Å². The largest absolute Gasteiger partial charge is 0.376 e.